The Balaban J connectivity index is 1.70. The van der Waals surface area contributed by atoms with Gasteiger partial charge in [0.15, 0.2) is 5.69 Å². The van der Waals surface area contributed by atoms with E-state index in [9.17, 15) is 9.18 Å². The van der Waals surface area contributed by atoms with Gasteiger partial charge in [-0.15, -0.1) is 0 Å². The van der Waals surface area contributed by atoms with Crippen LogP contribution in [0.3, 0.4) is 0 Å². The maximum atomic E-state index is 12.9. The van der Waals surface area contributed by atoms with Gasteiger partial charge < -0.3 is 0 Å². The van der Waals surface area contributed by atoms with Crippen molar-refractivity contribution in [2.24, 2.45) is 16.4 Å². The molecule has 1 heterocycles. The second-order valence-corrected chi connectivity index (χ2v) is 7.56. The summed E-state index contributed by atoms with van der Waals surface area (Å²) in [5, 5.41) is 11.2. The lowest BCUT2D eigenvalue weighted by Gasteiger charge is -2.36. The highest BCUT2D eigenvalue weighted by molar-refractivity contribution is 5.94. The monoisotopic (exact) mass is 356 g/mol. The molecule has 3 rings (SSSR count). The fraction of sp³-hybridized carbons (Fsp3) is 0.450. The summed E-state index contributed by atoms with van der Waals surface area (Å²) in [5.41, 5.74) is 5.96. The van der Waals surface area contributed by atoms with Crippen molar-refractivity contribution >= 4 is 12.1 Å². The van der Waals surface area contributed by atoms with Gasteiger partial charge in [0.1, 0.15) is 5.82 Å². The van der Waals surface area contributed by atoms with Crippen LogP contribution in [0, 0.1) is 17.2 Å². The Kier molecular flexibility index (Phi) is 5.20. The van der Waals surface area contributed by atoms with Crippen molar-refractivity contribution in [1.29, 1.82) is 0 Å². The summed E-state index contributed by atoms with van der Waals surface area (Å²) in [6.45, 7) is 6.79. The van der Waals surface area contributed by atoms with Gasteiger partial charge in [-0.05, 0) is 48.3 Å². The molecule has 5 nitrogen and oxygen atoms in total. The lowest BCUT2D eigenvalue weighted by Crippen LogP contribution is -2.30. The number of nitrogens with one attached hydrogen (secondary N) is 2. The second-order valence-electron chi connectivity index (χ2n) is 7.56. The van der Waals surface area contributed by atoms with Gasteiger partial charge in [-0.3, -0.25) is 9.89 Å². The van der Waals surface area contributed by atoms with Gasteiger partial charge in [-0.2, -0.15) is 10.2 Å². The Morgan fingerprint density at radius 3 is 2.85 bits per heavy atom. The number of aryl methyl sites for hydroxylation is 1. The smallest absolute Gasteiger partial charge is 0.281 e. The number of halogens is 1. The van der Waals surface area contributed by atoms with Crippen molar-refractivity contribution in [3.05, 3.63) is 52.6 Å². The van der Waals surface area contributed by atoms with Crippen molar-refractivity contribution in [1.82, 2.24) is 15.6 Å². The molecule has 0 radical (unpaired) electrons. The van der Waals surface area contributed by atoms with E-state index in [1.165, 1.54) is 18.3 Å². The number of carbonyl (C=O) groups excluding carboxylic acids is 1. The molecule has 0 fully saturated rings. The van der Waals surface area contributed by atoms with E-state index >= 15 is 0 Å². The van der Waals surface area contributed by atoms with Crippen LogP contribution in [0.5, 0.6) is 0 Å². The standard InChI is InChI=1S/C20H25FN4O/c1-4-20(2,3)14-7-10-17-16(11-14)18(24-23-17)19(26)25-22-12-13-5-8-15(21)9-6-13/h5-6,8-9,12,14H,4,7,10-11H2,1-3H3,(H,23,24)(H,25,26)/b22-12+. The highest BCUT2D eigenvalue weighted by Crippen LogP contribution is 2.40. The third kappa shape index (κ3) is 3.84. The first-order valence-corrected chi connectivity index (χ1v) is 9.06. The van der Waals surface area contributed by atoms with Crippen LogP contribution < -0.4 is 5.43 Å². The fourth-order valence-corrected chi connectivity index (χ4v) is 3.41. The normalized spacial score (nSPS) is 17.3. The lowest BCUT2D eigenvalue weighted by molar-refractivity contribution is 0.0947. The number of fused-ring (bicyclic) bond motifs is 1. The highest BCUT2D eigenvalue weighted by atomic mass is 19.1. The van der Waals surface area contributed by atoms with Crippen molar-refractivity contribution in [2.75, 3.05) is 0 Å². The van der Waals surface area contributed by atoms with Gasteiger partial charge in [-0.25, -0.2) is 9.82 Å². The minimum absolute atomic E-state index is 0.240. The second kappa shape index (κ2) is 7.40. The number of H-pyrrole nitrogens is 1. The van der Waals surface area contributed by atoms with Crippen LogP contribution in [0.15, 0.2) is 29.4 Å². The number of carbonyl (C=O) groups is 1. The van der Waals surface area contributed by atoms with Crippen LogP contribution >= 0.6 is 0 Å². The van der Waals surface area contributed by atoms with E-state index in [0.717, 1.165) is 36.9 Å². The van der Waals surface area contributed by atoms with E-state index in [1.807, 2.05) is 0 Å². The Labute approximate surface area is 153 Å². The number of hydrogen-bond acceptors (Lipinski definition) is 3. The van der Waals surface area contributed by atoms with E-state index in [0.29, 0.717) is 17.2 Å². The minimum Gasteiger partial charge on any atom is -0.281 e. The summed E-state index contributed by atoms with van der Waals surface area (Å²) in [6, 6.07) is 5.89. The number of rotatable bonds is 5. The Bertz CT molecular complexity index is 808. The summed E-state index contributed by atoms with van der Waals surface area (Å²) >= 11 is 0. The van der Waals surface area contributed by atoms with Crippen LogP contribution in [0.2, 0.25) is 0 Å². The number of aromatic nitrogens is 2. The molecule has 1 aliphatic carbocycles. The molecule has 2 N–H and O–H groups in total. The van der Waals surface area contributed by atoms with E-state index in [4.69, 9.17) is 0 Å². The Morgan fingerprint density at radius 2 is 2.15 bits per heavy atom. The van der Waals surface area contributed by atoms with Crippen molar-refractivity contribution in [2.45, 2.75) is 46.5 Å². The molecule has 0 aliphatic heterocycles. The van der Waals surface area contributed by atoms with E-state index in [1.54, 1.807) is 12.1 Å². The molecule has 138 valence electrons. The van der Waals surface area contributed by atoms with Crippen LogP contribution in [-0.2, 0) is 12.8 Å². The highest BCUT2D eigenvalue weighted by Gasteiger charge is 2.34. The first kappa shape index (κ1) is 18.3. The molecule has 0 saturated carbocycles. The molecular formula is C20H25FN4O. The molecule has 1 aliphatic rings. The van der Waals surface area contributed by atoms with Crippen LogP contribution in [0.25, 0.3) is 0 Å². The van der Waals surface area contributed by atoms with Crippen LogP contribution in [-0.4, -0.2) is 22.3 Å². The van der Waals surface area contributed by atoms with Gasteiger partial charge in [-0.1, -0.05) is 39.3 Å². The molecule has 0 saturated heterocycles. The summed E-state index contributed by atoms with van der Waals surface area (Å²) < 4.78 is 12.9. The number of amides is 1. The number of benzene rings is 1. The number of hydrazone groups is 1. The van der Waals surface area contributed by atoms with Gasteiger partial charge in [0.2, 0.25) is 0 Å². The summed E-state index contributed by atoms with van der Waals surface area (Å²) in [6.07, 6.45) is 5.48. The van der Waals surface area contributed by atoms with Crippen molar-refractivity contribution in [3.63, 3.8) is 0 Å². The molecule has 6 heteroatoms. The van der Waals surface area contributed by atoms with E-state index < -0.39 is 0 Å². The molecule has 0 spiro atoms. The molecule has 1 aromatic carbocycles. The van der Waals surface area contributed by atoms with Crippen molar-refractivity contribution in [3.8, 4) is 0 Å². The molecular weight excluding hydrogens is 331 g/mol. The predicted molar refractivity (Wildman–Crippen MR) is 99.6 cm³/mol. The summed E-state index contributed by atoms with van der Waals surface area (Å²) in [4.78, 5) is 12.5. The van der Waals surface area contributed by atoms with Crippen LogP contribution in [0.4, 0.5) is 4.39 Å². The van der Waals surface area contributed by atoms with E-state index in [-0.39, 0.29) is 17.1 Å². The average molecular weight is 356 g/mol. The maximum Gasteiger partial charge on any atom is 0.292 e. The number of nitrogens with zero attached hydrogens (tertiary/aromatic N) is 2. The topological polar surface area (TPSA) is 70.1 Å². The predicted octanol–water partition coefficient (Wildman–Crippen LogP) is 3.85. The van der Waals surface area contributed by atoms with Gasteiger partial charge >= 0.3 is 0 Å². The first-order valence-electron chi connectivity index (χ1n) is 9.06. The van der Waals surface area contributed by atoms with E-state index in [2.05, 4.69) is 41.5 Å². The third-order valence-electron chi connectivity index (χ3n) is 5.63. The molecule has 1 amide bonds. The van der Waals surface area contributed by atoms with Gasteiger partial charge in [0, 0.05) is 11.3 Å². The zero-order valence-electron chi connectivity index (χ0n) is 15.5. The minimum atomic E-state index is -0.323. The quantitative estimate of drug-likeness (QED) is 0.631. The Hall–Kier alpha value is -2.50. The number of hydrogen-bond donors (Lipinski definition) is 2. The zero-order chi connectivity index (χ0) is 18.7. The molecule has 1 unspecified atom stereocenters. The SMILES string of the molecule is CCC(C)(C)C1CCc2[nH]nc(C(=O)N/N=C/c3ccc(F)cc3)c2C1. The Morgan fingerprint density at radius 1 is 1.42 bits per heavy atom. The lowest BCUT2D eigenvalue weighted by atomic mass is 9.69. The molecule has 1 atom stereocenters. The number of aromatic amines is 1. The average Bonchev–Trinajstić information content (AvgIpc) is 3.06. The fourth-order valence-electron chi connectivity index (χ4n) is 3.41. The molecule has 0 bridgehead atoms. The van der Waals surface area contributed by atoms with Gasteiger partial charge in [0.05, 0.1) is 6.21 Å². The zero-order valence-corrected chi connectivity index (χ0v) is 15.5. The first-order chi connectivity index (χ1) is 12.4. The summed E-state index contributed by atoms with van der Waals surface area (Å²) in [5.74, 6) is -0.0958. The third-order valence-corrected chi connectivity index (χ3v) is 5.63. The largest absolute Gasteiger partial charge is 0.292 e. The summed E-state index contributed by atoms with van der Waals surface area (Å²) in [7, 11) is 0. The maximum absolute atomic E-state index is 12.9. The van der Waals surface area contributed by atoms with Gasteiger partial charge in [0.25, 0.3) is 5.91 Å². The molecule has 26 heavy (non-hydrogen) atoms. The molecule has 2 aromatic rings. The molecule has 1 aromatic heterocycles. The van der Waals surface area contributed by atoms with Crippen LogP contribution in [0.1, 0.15) is 60.9 Å². The van der Waals surface area contributed by atoms with Crippen molar-refractivity contribution < 1.29 is 9.18 Å².